The third-order valence-corrected chi connectivity index (χ3v) is 13.8. The zero-order valence-corrected chi connectivity index (χ0v) is 28.9. The first-order valence-corrected chi connectivity index (χ1v) is 17.8. The van der Waals surface area contributed by atoms with Gasteiger partial charge < -0.3 is 13.9 Å². The Morgan fingerprint density at radius 3 is 1.98 bits per heavy atom. The topological polar surface area (TPSA) is 111 Å². The van der Waals surface area contributed by atoms with Crippen LogP contribution in [0.5, 0.6) is 5.75 Å². The van der Waals surface area contributed by atoms with Crippen molar-refractivity contribution >= 4 is 42.1 Å². The van der Waals surface area contributed by atoms with Gasteiger partial charge in [-0.1, -0.05) is 88.4 Å². The summed E-state index contributed by atoms with van der Waals surface area (Å²) in [5, 5.41) is 15.9. The lowest BCUT2D eigenvalue weighted by molar-refractivity contribution is -0.384. The average molecular weight is 668 g/mol. The number of carbonyl (C=O) groups is 2. The van der Waals surface area contributed by atoms with Gasteiger partial charge in [0.05, 0.1) is 30.2 Å². The maximum Gasteiger partial charge on any atom is 0.434 e. The van der Waals surface area contributed by atoms with Crippen LogP contribution >= 0.6 is 0 Å². The first-order valence-electron chi connectivity index (χ1n) is 15.9. The second kappa shape index (κ2) is 14.4. The minimum Gasteiger partial charge on any atom is -0.497 e. The van der Waals surface area contributed by atoms with Gasteiger partial charge in [0.25, 0.3) is 14.0 Å². The van der Waals surface area contributed by atoms with E-state index in [1.165, 1.54) is 34.3 Å². The van der Waals surface area contributed by atoms with Crippen molar-refractivity contribution in [1.82, 2.24) is 5.01 Å². The lowest BCUT2D eigenvalue weighted by Gasteiger charge is -2.49. The Kier molecular flexibility index (Phi) is 10.3. The number of nitro benzene ring substituents is 1. The van der Waals surface area contributed by atoms with Crippen LogP contribution in [0.4, 0.5) is 16.2 Å². The first-order chi connectivity index (χ1) is 23.0. The second-order valence-corrected chi connectivity index (χ2v) is 17.3. The number of hydrogen-bond acceptors (Lipinski definition) is 7. The summed E-state index contributed by atoms with van der Waals surface area (Å²) in [7, 11) is -1.29. The van der Waals surface area contributed by atoms with Crippen molar-refractivity contribution in [2.24, 2.45) is 5.92 Å². The smallest absolute Gasteiger partial charge is 0.434 e. The molecule has 1 aliphatic rings. The van der Waals surface area contributed by atoms with Crippen molar-refractivity contribution in [1.29, 1.82) is 0 Å². The lowest BCUT2D eigenvalue weighted by Crippen LogP contribution is -2.68. The van der Waals surface area contributed by atoms with Crippen LogP contribution in [0.15, 0.2) is 109 Å². The van der Waals surface area contributed by atoms with E-state index in [-0.39, 0.29) is 41.6 Å². The lowest BCUT2D eigenvalue weighted by atomic mass is 9.92. The highest BCUT2D eigenvalue weighted by Crippen LogP contribution is 2.39. The monoisotopic (exact) mass is 667 g/mol. The van der Waals surface area contributed by atoms with E-state index < -0.39 is 19.3 Å². The molecule has 0 bridgehead atoms. The van der Waals surface area contributed by atoms with E-state index in [0.29, 0.717) is 23.6 Å². The van der Waals surface area contributed by atoms with E-state index in [1.807, 2.05) is 43.3 Å². The number of amides is 2. The molecule has 5 rings (SSSR count). The molecule has 0 saturated carbocycles. The van der Waals surface area contributed by atoms with Crippen molar-refractivity contribution in [2.75, 3.05) is 18.7 Å². The molecule has 1 fully saturated rings. The van der Waals surface area contributed by atoms with E-state index >= 15 is 0 Å². The Labute approximate surface area is 282 Å². The highest BCUT2D eigenvalue weighted by Gasteiger charge is 2.52. The molecule has 0 N–H and O–H groups in total. The van der Waals surface area contributed by atoms with Gasteiger partial charge in [0.15, 0.2) is 0 Å². The molecule has 0 aliphatic carbocycles. The van der Waals surface area contributed by atoms with Crippen LogP contribution in [0.3, 0.4) is 0 Å². The number of non-ortho nitro benzene ring substituents is 1. The molecule has 1 saturated heterocycles. The van der Waals surface area contributed by atoms with Crippen LogP contribution in [0.1, 0.15) is 39.7 Å². The molecule has 2 atom stereocenters. The number of hydrogen-bond donors (Lipinski definition) is 0. The molecule has 4 aromatic rings. The zero-order chi connectivity index (χ0) is 34.5. The third-order valence-electron chi connectivity index (χ3n) is 8.80. The van der Waals surface area contributed by atoms with Crippen molar-refractivity contribution in [3.63, 3.8) is 0 Å². The maximum atomic E-state index is 13.8. The molecule has 11 heteroatoms. The van der Waals surface area contributed by atoms with Crippen molar-refractivity contribution in [3.05, 3.63) is 125 Å². The van der Waals surface area contributed by atoms with Crippen molar-refractivity contribution in [2.45, 2.75) is 51.8 Å². The van der Waals surface area contributed by atoms with Gasteiger partial charge in [-0.05, 0) is 57.4 Å². The summed E-state index contributed by atoms with van der Waals surface area (Å²) in [5.74, 6) is 0.226. The van der Waals surface area contributed by atoms with E-state index in [4.69, 9.17) is 13.9 Å². The molecule has 1 heterocycles. The fourth-order valence-electron chi connectivity index (χ4n) is 6.22. The molecule has 48 heavy (non-hydrogen) atoms. The fraction of sp³-hybridized carbons (Fsp3) is 0.297. The highest BCUT2D eigenvalue weighted by molar-refractivity contribution is 6.99. The molecular weight excluding hydrogens is 627 g/mol. The maximum absolute atomic E-state index is 13.8. The minimum absolute atomic E-state index is 0.0618. The number of nitrogens with zero attached hydrogens (tertiary/aromatic N) is 3. The van der Waals surface area contributed by atoms with Gasteiger partial charge in [0.1, 0.15) is 12.4 Å². The van der Waals surface area contributed by atoms with E-state index in [9.17, 15) is 19.7 Å². The van der Waals surface area contributed by atoms with Crippen molar-refractivity contribution < 1.29 is 28.4 Å². The summed E-state index contributed by atoms with van der Waals surface area (Å²) in [4.78, 5) is 37.6. The van der Waals surface area contributed by atoms with Gasteiger partial charge >= 0.3 is 6.09 Å². The van der Waals surface area contributed by atoms with Gasteiger partial charge in [-0.15, -0.1) is 0 Å². The Bertz CT molecular complexity index is 1670. The number of nitro groups is 1. The van der Waals surface area contributed by atoms with Crippen LogP contribution in [-0.4, -0.2) is 50.0 Å². The Balaban J connectivity index is 1.42. The molecule has 0 radical (unpaired) electrons. The Morgan fingerprint density at radius 1 is 0.938 bits per heavy atom. The molecule has 0 unspecified atom stereocenters. The number of β-lactam (4-membered cyclic amide) rings is 1. The van der Waals surface area contributed by atoms with Gasteiger partial charge in [-0.3, -0.25) is 14.9 Å². The van der Waals surface area contributed by atoms with Crippen LogP contribution in [0, 0.1) is 16.0 Å². The number of rotatable bonds is 12. The van der Waals surface area contributed by atoms with E-state index in [0.717, 1.165) is 10.4 Å². The Hall–Kier alpha value is -5.00. The number of benzene rings is 4. The van der Waals surface area contributed by atoms with E-state index in [2.05, 4.69) is 45.0 Å². The highest BCUT2D eigenvalue weighted by atomic mass is 28.4. The summed E-state index contributed by atoms with van der Waals surface area (Å²) in [6.07, 6.45) is -0.509. The normalized spacial score (nSPS) is 15.3. The fourth-order valence-corrected chi connectivity index (χ4v) is 10.9. The van der Waals surface area contributed by atoms with Gasteiger partial charge in [0, 0.05) is 24.7 Å². The molecule has 0 spiro atoms. The summed E-state index contributed by atoms with van der Waals surface area (Å²) in [6.45, 7) is 8.91. The molecular formula is C37H41N3O7Si. The van der Waals surface area contributed by atoms with Crippen LogP contribution < -0.4 is 20.1 Å². The number of ether oxygens (including phenoxy) is 2. The summed E-state index contributed by atoms with van der Waals surface area (Å²) in [6, 6.07) is 33.0. The average Bonchev–Trinajstić information content (AvgIpc) is 3.09. The minimum atomic E-state index is -2.84. The first kappa shape index (κ1) is 34.3. The van der Waals surface area contributed by atoms with Crippen LogP contribution in [0.2, 0.25) is 5.04 Å². The van der Waals surface area contributed by atoms with Gasteiger partial charge in [0.2, 0.25) is 5.91 Å². The number of anilines is 1. The zero-order valence-electron chi connectivity index (χ0n) is 27.9. The summed E-state index contributed by atoms with van der Waals surface area (Å²) < 4.78 is 18.2. The van der Waals surface area contributed by atoms with Gasteiger partial charge in [-0.2, -0.15) is 5.01 Å². The van der Waals surface area contributed by atoms with E-state index in [1.54, 1.807) is 31.4 Å². The number of methoxy groups -OCH3 is 1. The second-order valence-electron chi connectivity index (χ2n) is 12.9. The van der Waals surface area contributed by atoms with Gasteiger partial charge in [-0.25, -0.2) is 9.80 Å². The van der Waals surface area contributed by atoms with Crippen molar-refractivity contribution in [3.8, 4) is 5.75 Å². The molecule has 2 amide bonds. The van der Waals surface area contributed by atoms with Crippen LogP contribution in [0.25, 0.3) is 0 Å². The largest absolute Gasteiger partial charge is 0.497 e. The van der Waals surface area contributed by atoms with Crippen LogP contribution in [-0.2, 0) is 20.6 Å². The molecule has 4 aromatic carbocycles. The SMILES string of the molecule is COc1ccc(N(C(=O)OCc2ccc([N+](=O)[O-])cc2)N2C(=O)C[C@@H]2[C@@H](C)CO[Si](c2ccccc2)(c2ccccc2)C(C)(C)C)cc1. The number of carbonyl (C=O) groups excluding carboxylic acids is 2. The summed E-state index contributed by atoms with van der Waals surface area (Å²) >= 11 is 0. The number of hydrazine groups is 1. The Morgan fingerprint density at radius 2 is 1.50 bits per heavy atom. The molecule has 0 aromatic heterocycles. The predicted octanol–water partition coefficient (Wildman–Crippen LogP) is 6.48. The molecule has 1 aliphatic heterocycles. The molecule has 10 nitrogen and oxygen atoms in total. The predicted molar refractivity (Wildman–Crippen MR) is 187 cm³/mol. The quantitative estimate of drug-likeness (QED) is 0.0737. The summed E-state index contributed by atoms with van der Waals surface area (Å²) in [5.41, 5.74) is 0.943. The molecule has 250 valence electrons. The third kappa shape index (κ3) is 6.97. The standard InChI is InChI=1S/C37H41N3O7Si/c1-27(25-47-48(37(2,3)4,32-12-8-6-9-13-32)33-14-10-7-11-15-33)34-24-35(41)39(34)38(29-20-22-31(45-5)23-21-29)36(42)46-26-28-16-18-30(19-17-28)40(43)44/h6-23,27,34H,24-26H2,1-5H3/t27-,34+/m0/s1.